The molecule has 1 aliphatic rings. The predicted octanol–water partition coefficient (Wildman–Crippen LogP) is 2.58. The molecule has 0 spiro atoms. The SMILES string of the molecule is CCCOc1c(Cl)cc(C(=O)NCCN2CCNCC2)cc1OCC.Cl. The topological polar surface area (TPSA) is 62.8 Å². The standard InChI is InChI=1S/C18H28ClN3O3.ClH/c1-3-11-25-17-15(19)12-14(13-16(17)24-4-2)18(23)21-7-10-22-8-5-20-6-9-22;/h12-13,20H,3-11H2,1-2H3,(H,21,23);1H. The largest absolute Gasteiger partial charge is 0.490 e. The number of piperazine rings is 1. The first-order chi connectivity index (χ1) is 12.2. The van der Waals surface area contributed by atoms with Crippen molar-refractivity contribution < 1.29 is 14.3 Å². The quantitative estimate of drug-likeness (QED) is 0.660. The summed E-state index contributed by atoms with van der Waals surface area (Å²) < 4.78 is 11.3. The minimum atomic E-state index is -0.153. The zero-order valence-corrected chi connectivity index (χ0v) is 17.0. The number of rotatable bonds is 9. The summed E-state index contributed by atoms with van der Waals surface area (Å²) in [6.45, 7) is 10.4. The molecule has 1 aromatic rings. The second-order valence-corrected chi connectivity index (χ2v) is 6.32. The Morgan fingerprint density at radius 2 is 2.00 bits per heavy atom. The Morgan fingerprint density at radius 3 is 2.65 bits per heavy atom. The Kier molecular flexibility index (Phi) is 10.7. The van der Waals surface area contributed by atoms with Crippen LogP contribution in [0.1, 0.15) is 30.6 Å². The van der Waals surface area contributed by atoms with E-state index >= 15 is 0 Å². The summed E-state index contributed by atoms with van der Waals surface area (Å²) in [7, 11) is 0. The normalized spacial score (nSPS) is 14.4. The molecule has 0 saturated carbocycles. The zero-order chi connectivity index (χ0) is 18.1. The van der Waals surface area contributed by atoms with Gasteiger partial charge in [0.05, 0.1) is 18.2 Å². The number of nitrogens with zero attached hydrogens (tertiary/aromatic N) is 1. The van der Waals surface area contributed by atoms with E-state index in [0.29, 0.717) is 41.8 Å². The lowest BCUT2D eigenvalue weighted by molar-refractivity contribution is 0.0946. The molecule has 1 aliphatic heterocycles. The van der Waals surface area contributed by atoms with Crippen LogP contribution in [0.25, 0.3) is 0 Å². The lowest BCUT2D eigenvalue weighted by Gasteiger charge is -2.27. The van der Waals surface area contributed by atoms with Gasteiger partial charge in [0.2, 0.25) is 0 Å². The number of benzene rings is 1. The number of carbonyl (C=O) groups is 1. The van der Waals surface area contributed by atoms with Crippen molar-refractivity contribution in [1.82, 2.24) is 15.5 Å². The molecular formula is C18H29Cl2N3O3. The van der Waals surface area contributed by atoms with Crippen LogP contribution in [0.5, 0.6) is 11.5 Å². The molecule has 1 saturated heterocycles. The van der Waals surface area contributed by atoms with E-state index in [1.807, 2.05) is 13.8 Å². The summed E-state index contributed by atoms with van der Waals surface area (Å²) in [5.41, 5.74) is 0.484. The molecule has 1 aromatic carbocycles. The van der Waals surface area contributed by atoms with Crippen molar-refractivity contribution in [3.63, 3.8) is 0 Å². The number of hydrogen-bond acceptors (Lipinski definition) is 5. The van der Waals surface area contributed by atoms with Crippen molar-refractivity contribution in [3.8, 4) is 11.5 Å². The van der Waals surface area contributed by atoms with Crippen LogP contribution < -0.4 is 20.1 Å². The maximum Gasteiger partial charge on any atom is 0.251 e. The fraction of sp³-hybridized carbons (Fsp3) is 0.611. The summed E-state index contributed by atoms with van der Waals surface area (Å²) >= 11 is 6.31. The third-order valence-corrected chi connectivity index (χ3v) is 4.23. The molecule has 2 rings (SSSR count). The molecule has 2 N–H and O–H groups in total. The smallest absolute Gasteiger partial charge is 0.251 e. The molecule has 0 unspecified atom stereocenters. The molecule has 6 nitrogen and oxygen atoms in total. The van der Waals surface area contributed by atoms with Crippen molar-refractivity contribution in [1.29, 1.82) is 0 Å². The Balaban J connectivity index is 0.00000338. The Morgan fingerprint density at radius 1 is 1.27 bits per heavy atom. The van der Waals surface area contributed by atoms with Gasteiger partial charge >= 0.3 is 0 Å². The van der Waals surface area contributed by atoms with Crippen molar-refractivity contribution >= 4 is 29.9 Å². The van der Waals surface area contributed by atoms with Crippen LogP contribution in [0.15, 0.2) is 12.1 Å². The molecule has 0 bridgehead atoms. The molecule has 0 aromatic heterocycles. The van der Waals surface area contributed by atoms with Gasteiger partial charge in [-0.2, -0.15) is 0 Å². The number of carbonyl (C=O) groups excluding carboxylic acids is 1. The zero-order valence-electron chi connectivity index (χ0n) is 15.5. The Labute approximate surface area is 167 Å². The van der Waals surface area contributed by atoms with Gasteiger partial charge in [-0.05, 0) is 25.5 Å². The lowest BCUT2D eigenvalue weighted by Crippen LogP contribution is -2.46. The van der Waals surface area contributed by atoms with Crippen molar-refractivity contribution in [2.24, 2.45) is 0 Å². The van der Waals surface area contributed by atoms with E-state index in [-0.39, 0.29) is 18.3 Å². The van der Waals surface area contributed by atoms with Crippen LogP contribution in [0.3, 0.4) is 0 Å². The second-order valence-electron chi connectivity index (χ2n) is 5.91. The van der Waals surface area contributed by atoms with Crippen LogP contribution in [0, 0.1) is 0 Å². The predicted molar refractivity (Wildman–Crippen MR) is 107 cm³/mol. The molecule has 26 heavy (non-hydrogen) atoms. The van der Waals surface area contributed by atoms with E-state index in [4.69, 9.17) is 21.1 Å². The summed E-state index contributed by atoms with van der Waals surface area (Å²) in [6, 6.07) is 3.33. The van der Waals surface area contributed by atoms with E-state index in [1.165, 1.54) is 0 Å². The highest BCUT2D eigenvalue weighted by atomic mass is 35.5. The first kappa shape index (κ1) is 22.8. The number of halogens is 2. The monoisotopic (exact) mass is 405 g/mol. The molecule has 148 valence electrons. The van der Waals surface area contributed by atoms with Crippen molar-refractivity contribution in [2.45, 2.75) is 20.3 Å². The number of hydrogen-bond donors (Lipinski definition) is 2. The van der Waals surface area contributed by atoms with Gasteiger partial charge in [0.25, 0.3) is 5.91 Å². The highest BCUT2D eigenvalue weighted by Crippen LogP contribution is 2.36. The highest BCUT2D eigenvalue weighted by molar-refractivity contribution is 6.32. The van der Waals surface area contributed by atoms with Gasteiger partial charge in [-0.25, -0.2) is 0 Å². The number of amides is 1. The van der Waals surface area contributed by atoms with Gasteiger partial charge < -0.3 is 20.1 Å². The minimum Gasteiger partial charge on any atom is -0.490 e. The number of ether oxygens (including phenoxy) is 2. The van der Waals surface area contributed by atoms with Crippen LogP contribution >= 0.6 is 24.0 Å². The average molecular weight is 406 g/mol. The first-order valence-corrected chi connectivity index (χ1v) is 9.33. The number of nitrogens with one attached hydrogen (secondary N) is 2. The fourth-order valence-corrected chi connectivity index (χ4v) is 2.94. The van der Waals surface area contributed by atoms with E-state index in [1.54, 1.807) is 12.1 Å². The molecule has 1 heterocycles. The van der Waals surface area contributed by atoms with Gasteiger partial charge in [0.15, 0.2) is 11.5 Å². The van der Waals surface area contributed by atoms with Gasteiger partial charge in [-0.1, -0.05) is 18.5 Å². The van der Waals surface area contributed by atoms with Crippen LogP contribution in [0.4, 0.5) is 0 Å². The molecule has 1 fully saturated rings. The second kappa shape index (κ2) is 12.2. The molecule has 0 aliphatic carbocycles. The third kappa shape index (κ3) is 6.83. The Bertz CT molecular complexity index is 567. The maximum atomic E-state index is 12.4. The van der Waals surface area contributed by atoms with Gasteiger partial charge in [-0.15, -0.1) is 12.4 Å². The lowest BCUT2D eigenvalue weighted by atomic mass is 10.2. The average Bonchev–Trinajstić information content (AvgIpc) is 2.62. The van der Waals surface area contributed by atoms with Gasteiger partial charge in [0, 0.05) is 44.8 Å². The molecular weight excluding hydrogens is 377 g/mol. The molecule has 8 heteroatoms. The van der Waals surface area contributed by atoms with E-state index in [2.05, 4.69) is 15.5 Å². The van der Waals surface area contributed by atoms with Crippen LogP contribution in [-0.2, 0) is 0 Å². The summed E-state index contributed by atoms with van der Waals surface area (Å²) in [5.74, 6) is 0.860. The van der Waals surface area contributed by atoms with Crippen molar-refractivity contribution in [3.05, 3.63) is 22.7 Å². The van der Waals surface area contributed by atoms with Crippen LogP contribution in [-0.4, -0.2) is 63.3 Å². The summed E-state index contributed by atoms with van der Waals surface area (Å²) in [4.78, 5) is 14.8. The highest BCUT2D eigenvalue weighted by Gasteiger charge is 2.16. The van der Waals surface area contributed by atoms with E-state index < -0.39 is 0 Å². The maximum absolute atomic E-state index is 12.4. The van der Waals surface area contributed by atoms with Gasteiger partial charge in [0.1, 0.15) is 0 Å². The molecule has 0 atom stereocenters. The van der Waals surface area contributed by atoms with E-state index in [0.717, 1.165) is 39.1 Å². The van der Waals surface area contributed by atoms with Crippen molar-refractivity contribution in [2.75, 3.05) is 52.5 Å². The van der Waals surface area contributed by atoms with Gasteiger partial charge in [-0.3, -0.25) is 9.69 Å². The minimum absolute atomic E-state index is 0. The molecule has 0 radical (unpaired) electrons. The van der Waals surface area contributed by atoms with E-state index in [9.17, 15) is 4.79 Å². The third-order valence-electron chi connectivity index (χ3n) is 3.95. The fourth-order valence-electron chi connectivity index (χ4n) is 2.67. The molecule has 1 amide bonds. The summed E-state index contributed by atoms with van der Waals surface area (Å²) in [5, 5.41) is 6.66. The van der Waals surface area contributed by atoms with Crippen LogP contribution in [0.2, 0.25) is 5.02 Å². The summed E-state index contributed by atoms with van der Waals surface area (Å²) in [6.07, 6.45) is 0.871. The first-order valence-electron chi connectivity index (χ1n) is 8.96. The Hall–Kier alpha value is -1.21.